The summed E-state index contributed by atoms with van der Waals surface area (Å²) in [5, 5.41) is 0. The van der Waals surface area contributed by atoms with Gasteiger partial charge in [-0.15, -0.1) is 0 Å². The fraction of sp³-hybridized carbons (Fsp3) is 0.133. The highest BCUT2D eigenvalue weighted by atomic mass is 15.5. The molecule has 174 valence electrons. The lowest BCUT2D eigenvalue weighted by Gasteiger charge is -2.36. The van der Waals surface area contributed by atoms with E-state index in [0.29, 0.717) is 0 Å². The second-order valence-electron chi connectivity index (χ2n) is 9.74. The number of hydrogen-bond acceptors (Lipinski definition) is 6. The predicted molar refractivity (Wildman–Crippen MR) is 142 cm³/mol. The number of nitrogens with zero attached hydrogens (tertiary/aromatic N) is 6. The predicted octanol–water partition coefficient (Wildman–Crippen LogP) is 6.51. The summed E-state index contributed by atoms with van der Waals surface area (Å²) in [5.41, 5.74) is 6.84. The van der Waals surface area contributed by atoms with Crippen molar-refractivity contribution in [3.8, 4) is 22.5 Å². The minimum absolute atomic E-state index is 0.00167. The molecule has 0 aliphatic carbocycles. The number of aromatic nitrogens is 4. The number of pyridine rings is 2. The first-order valence-electron chi connectivity index (χ1n) is 12.1. The number of benzene rings is 2. The average molecular weight is 469 g/mol. The molecule has 0 bridgehead atoms. The van der Waals surface area contributed by atoms with Gasteiger partial charge in [-0.1, -0.05) is 50.2 Å². The third kappa shape index (κ3) is 2.91. The van der Waals surface area contributed by atoms with Crippen LogP contribution in [0.5, 0.6) is 0 Å². The molecule has 1 unspecified atom stereocenters. The number of hydrogen-bond donors (Lipinski definition) is 0. The molecule has 5 heterocycles. The van der Waals surface area contributed by atoms with Crippen LogP contribution < -0.4 is 9.80 Å². The first-order chi connectivity index (χ1) is 17.6. The molecule has 0 saturated heterocycles. The van der Waals surface area contributed by atoms with Gasteiger partial charge in [0.05, 0.1) is 0 Å². The van der Waals surface area contributed by atoms with Crippen molar-refractivity contribution in [3.63, 3.8) is 0 Å². The summed E-state index contributed by atoms with van der Waals surface area (Å²) in [6, 6.07) is 27.1. The molecular formula is C30H24N6. The van der Waals surface area contributed by atoms with Crippen LogP contribution in [0.25, 0.3) is 22.5 Å². The van der Waals surface area contributed by atoms with Gasteiger partial charge >= 0.3 is 0 Å². The van der Waals surface area contributed by atoms with Crippen LogP contribution in [0.2, 0.25) is 0 Å². The van der Waals surface area contributed by atoms with Crippen molar-refractivity contribution in [1.82, 2.24) is 19.9 Å². The summed E-state index contributed by atoms with van der Waals surface area (Å²) in [6.07, 6.45) is 7.25. The second-order valence-corrected chi connectivity index (χ2v) is 9.74. The molecule has 7 rings (SSSR count). The van der Waals surface area contributed by atoms with Gasteiger partial charge in [-0.05, 0) is 48.0 Å². The van der Waals surface area contributed by atoms with Gasteiger partial charge in [-0.2, -0.15) is 0 Å². The molecule has 6 heteroatoms. The van der Waals surface area contributed by atoms with Crippen LogP contribution in [0.3, 0.4) is 0 Å². The van der Waals surface area contributed by atoms with Crippen molar-refractivity contribution in [2.45, 2.75) is 25.4 Å². The van der Waals surface area contributed by atoms with E-state index in [1.165, 1.54) is 11.3 Å². The van der Waals surface area contributed by atoms with Gasteiger partial charge in [0.15, 0.2) is 11.6 Å². The summed E-state index contributed by atoms with van der Waals surface area (Å²) in [7, 11) is 0. The van der Waals surface area contributed by atoms with Gasteiger partial charge in [0.1, 0.15) is 17.6 Å². The van der Waals surface area contributed by atoms with Crippen molar-refractivity contribution in [2.24, 2.45) is 0 Å². The highest BCUT2D eigenvalue weighted by Crippen LogP contribution is 2.58. The first kappa shape index (κ1) is 20.8. The molecule has 1 atom stereocenters. The zero-order valence-electron chi connectivity index (χ0n) is 20.1. The largest absolute Gasteiger partial charge is 0.301 e. The van der Waals surface area contributed by atoms with E-state index in [2.05, 4.69) is 82.1 Å². The SMILES string of the molecule is CC1(C)c2ccccc2N2c3nc(-c4cccnc4)c(-c4cccnc4)nc3N(c3ccccc3)C21. The Morgan fingerprint density at radius 1 is 0.639 bits per heavy atom. The lowest BCUT2D eigenvalue weighted by Crippen LogP contribution is -2.46. The molecule has 3 aromatic heterocycles. The van der Waals surface area contributed by atoms with Crippen molar-refractivity contribution < 1.29 is 0 Å². The third-order valence-corrected chi connectivity index (χ3v) is 7.21. The van der Waals surface area contributed by atoms with Crippen molar-refractivity contribution in [1.29, 1.82) is 0 Å². The fourth-order valence-corrected chi connectivity index (χ4v) is 5.61. The van der Waals surface area contributed by atoms with E-state index in [1.54, 1.807) is 12.4 Å². The summed E-state index contributed by atoms with van der Waals surface area (Å²) >= 11 is 0. The second kappa shape index (κ2) is 7.71. The molecule has 0 radical (unpaired) electrons. The zero-order chi connectivity index (χ0) is 24.3. The summed E-state index contributed by atoms with van der Waals surface area (Å²) in [5.74, 6) is 1.70. The van der Waals surface area contributed by atoms with Crippen LogP contribution in [0, 0.1) is 0 Å². The van der Waals surface area contributed by atoms with Crippen molar-refractivity contribution >= 4 is 23.0 Å². The van der Waals surface area contributed by atoms with Crippen LogP contribution in [0.15, 0.2) is 104 Å². The maximum Gasteiger partial charge on any atom is 0.179 e. The Hall–Kier alpha value is -4.58. The van der Waals surface area contributed by atoms with E-state index in [0.717, 1.165) is 39.8 Å². The van der Waals surface area contributed by atoms with E-state index in [-0.39, 0.29) is 11.6 Å². The highest BCUT2D eigenvalue weighted by molar-refractivity contribution is 5.92. The molecular weight excluding hydrogens is 444 g/mol. The quantitative estimate of drug-likeness (QED) is 0.301. The molecule has 36 heavy (non-hydrogen) atoms. The van der Waals surface area contributed by atoms with Crippen LogP contribution in [-0.2, 0) is 5.41 Å². The third-order valence-electron chi connectivity index (χ3n) is 7.21. The van der Waals surface area contributed by atoms with Crippen molar-refractivity contribution in [2.75, 3.05) is 9.80 Å². The molecule has 6 nitrogen and oxygen atoms in total. The van der Waals surface area contributed by atoms with Crippen LogP contribution >= 0.6 is 0 Å². The maximum absolute atomic E-state index is 5.34. The molecule has 0 N–H and O–H groups in total. The Balaban J connectivity index is 1.55. The molecule has 5 aromatic rings. The lowest BCUT2D eigenvalue weighted by molar-refractivity contribution is 0.449. The van der Waals surface area contributed by atoms with E-state index in [1.807, 2.05) is 42.7 Å². The Labute approximate surface area is 210 Å². The molecule has 0 spiro atoms. The van der Waals surface area contributed by atoms with Gasteiger partial charge in [0.2, 0.25) is 0 Å². The molecule has 2 aromatic carbocycles. The molecule has 2 aliphatic heterocycles. The van der Waals surface area contributed by atoms with Gasteiger partial charge in [0, 0.05) is 52.7 Å². The monoisotopic (exact) mass is 468 g/mol. The average Bonchev–Trinajstić information content (AvgIpc) is 3.40. The van der Waals surface area contributed by atoms with E-state index >= 15 is 0 Å². The molecule has 0 fully saturated rings. The molecule has 0 saturated carbocycles. The normalized spacial score (nSPS) is 17.0. The lowest BCUT2D eigenvalue weighted by atomic mass is 9.83. The summed E-state index contributed by atoms with van der Waals surface area (Å²) in [4.78, 5) is 24.1. The van der Waals surface area contributed by atoms with E-state index < -0.39 is 0 Å². The summed E-state index contributed by atoms with van der Waals surface area (Å²) < 4.78 is 0. The topological polar surface area (TPSA) is 58.0 Å². The number of rotatable bonds is 3. The minimum Gasteiger partial charge on any atom is -0.301 e. The van der Waals surface area contributed by atoms with Gasteiger partial charge in [0.25, 0.3) is 0 Å². The van der Waals surface area contributed by atoms with Crippen LogP contribution in [-0.4, -0.2) is 26.1 Å². The Kier molecular flexibility index (Phi) is 4.45. The Morgan fingerprint density at radius 3 is 1.83 bits per heavy atom. The molecule has 2 aliphatic rings. The zero-order valence-corrected chi connectivity index (χ0v) is 20.1. The smallest absolute Gasteiger partial charge is 0.179 e. The van der Waals surface area contributed by atoms with Gasteiger partial charge in [-0.3, -0.25) is 9.97 Å². The van der Waals surface area contributed by atoms with Gasteiger partial charge < -0.3 is 9.80 Å². The Morgan fingerprint density at radius 2 is 1.22 bits per heavy atom. The maximum atomic E-state index is 5.34. The fourth-order valence-electron chi connectivity index (χ4n) is 5.61. The van der Waals surface area contributed by atoms with Crippen molar-refractivity contribution in [3.05, 3.63) is 109 Å². The summed E-state index contributed by atoms with van der Waals surface area (Å²) in [6.45, 7) is 4.62. The first-order valence-corrected chi connectivity index (χ1v) is 12.1. The minimum atomic E-state index is -0.169. The van der Waals surface area contributed by atoms with E-state index in [4.69, 9.17) is 9.97 Å². The van der Waals surface area contributed by atoms with Crippen LogP contribution in [0.4, 0.5) is 23.0 Å². The molecule has 0 amide bonds. The highest BCUT2D eigenvalue weighted by Gasteiger charge is 2.55. The van der Waals surface area contributed by atoms with E-state index in [9.17, 15) is 0 Å². The number of fused-ring (bicyclic) bond motifs is 5. The number of anilines is 4. The Bertz CT molecular complexity index is 1510. The number of para-hydroxylation sites is 2. The van der Waals surface area contributed by atoms with Gasteiger partial charge in [-0.25, -0.2) is 9.97 Å². The van der Waals surface area contributed by atoms with Crippen LogP contribution in [0.1, 0.15) is 19.4 Å². The standard InChI is InChI=1S/C30H24N6/c1-30(2)23-14-6-7-15-24(23)36-28-27(35(29(30)36)22-12-4-3-5-13-22)33-25(20-10-8-16-31-18-20)26(34-28)21-11-9-17-32-19-21/h3-19,29H,1-2H3.